The molecule has 0 saturated carbocycles. The monoisotopic (exact) mass is 425 g/mol. The Morgan fingerprint density at radius 3 is 2.68 bits per heavy atom. The molecule has 0 aliphatic heterocycles. The number of ether oxygens (including phenoxy) is 2. The second kappa shape index (κ2) is 11.1. The third kappa shape index (κ3) is 7.58. The quantitative estimate of drug-likeness (QED) is 0.536. The smallest absolute Gasteiger partial charge is 0.220 e. The fraction of sp³-hybridized carbons (Fsp3) is 0.381. The van der Waals surface area contributed by atoms with Crippen molar-refractivity contribution >= 4 is 29.1 Å². The number of aliphatic hydroxyl groups is 1. The Morgan fingerprint density at radius 2 is 1.96 bits per heavy atom. The maximum atomic E-state index is 12.0. The number of halogens is 2. The number of amides is 1. The van der Waals surface area contributed by atoms with Gasteiger partial charge in [-0.25, -0.2) is 0 Å². The molecule has 28 heavy (non-hydrogen) atoms. The zero-order valence-electron chi connectivity index (χ0n) is 16.0. The van der Waals surface area contributed by atoms with E-state index < -0.39 is 6.10 Å². The Morgan fingerprint density at radius 1 is 1.18 bits per heavy atom. The number of nitrogens with one attached hydrogen (secondary N) is 1. The summed E-state index contributed by atoms with van der Waals surface area (Å²) >= 11 is 11.9. The van der Waals surface area contributed by atoms with Gasteiger partial charge in [-0.15, -0.1) is 0 Å². The van der Waals surface area contributed by atoms with Gasteiger partial charge in [0, 0.05) is 18.0 Å². The first kappa shape index (κ1) is 22.3. The molecule has 0 bridgehead atoms. The Hall–Kier alpha value is -1.95. The maximum absolute atomic E-state index is 12.0. The molecule has 5 nitrogen and oxygen atoms in total. The van der Waals surface area contributed by atoms with Crippen molar-refractivity contribution < 1.29 is 19.4 Å². The second-order valence-corrected chi connectivity index (χ2v) is 7.43. The van der Waals surface area contributed by atoms with Crippen LogP contribution in [0.4, 0.5) is 0 Å². The molecule has 1 unspecified atom stereocenters. The van der Waals surface area contributed by atoms with E-state index >= 15 is 0 Å². The number of carbonyl (C=O) groups excluding carboxylic acids is 1. The van der Waals surface area contributed by atoms with E-state index in [1.54, 1.807) is 30.3 Å². The first-order valence-corrected chi connectivity index (χ1v) is 9.90. The fourth-order valence-electron chi connectivity index (χ4n) is 2.49. The molecule has 2 rings (SSSR count). The Bertz CT molecular complexity index is 783. The van der Waals surface area contributed by atoms with E-state index in [4.69, 9.17) is 32.7 Å². The predicted molar refractivity (Wildman–Crippen MR) is 111 cm³/mol. The van der Waals surface area contributed by atoms with Crippen LogP contribution in [-0.2, 0) is 4.79 Å². The van der Waals surface area contributed by atoms with E-state index in [9.17, 15) is 9.90 Å². The molecule has 2 aromatic rings. The second-order valence-electron chi connectivity index (χ2n) is 6.59. The zero-order chi connectivity index (χ0) is 20.5. The normalized spacial score (nSPS) is 11.9. The standard InChI is InChI=1S/C21H25Cl2NO4/c1-14(2)28-17-6-3-5-15(11-17)19(25)13-24-21(26)7-4-10-27-20-9-8-16(22)12-18(20)23/h3,5-6,8-9,11-12,14,19,25H,4,7,10,13H2,1-2H3,(H,24,26). The van der Waals surface area contributed by atoms with Crippen LogP contribution in [0.15, 0.2) is 42.5 Å². The van der Waals surface area contributed by atoms with E-state index in [1.165, 1.54) is 0 Å². The average molecular weight is 426 g/mol. The third-order valence-electron chi connectivity index (χ3n) is 3.81. The molecule has 7 heteroatoms. The number of aliphatic hydroxyl groups excluding tert-OH is 1. The molecule has 0 spiro atoms. The lowest BCUT2D eigenvalue weighted by molar-refractivity contribution is -0.121. The van der Waals surface area contributed by atoms with Crippen molar-refractivity contribution in [3.05, 3.63) is 58.1 Å². The summed E-state index contributed by atoms with van der Waals surface area (Å²) in [4.78, 5) is 12.0. The van der Waals surface area contributed by atoms with Crippen LogP contribution in [0, 0.1) is 0 Å². The molecule has 0 aliphatic rings. The van der Waals surface area contributed by atoms with E-state index in [0.29, 0.717) is 40.1 Å². The molecular formula is C21H25Cl2NO4. The highest BCUT2D eigenvalue weighted by atomic mass is 35.5. The van der Waals surface area contributed by atoms with Gasteiger partial charge in [0.05, 0.1) is 23.8 Å². The third-order valence-corrected chi connectivity index (χ3v) is 4.34. The first-order chi connectivity index (χ1) is 13.3. The molecule has 0 aromatic heterocycles. The molecule has 1 amide bonds. The van der Waals surface area contributed by atoms with Gasteiger partial charge in [0.1, 0.15) is 11.5 Å². The van der Waals surface area contributed by atoms with Crippen LogP contribution in [-0.4, -0.2) is 30.3 Å². The van der Waals surface area contributed by atoms with Gasteiger partial charge in [-0.3, -0.25) is 4.79 Å². The summed E-state index contributed by atoms with van der Waals surface area (Å²) in [5.74, 6) is 1.07. The summed E-state index contributed by atoms with van der Waals surface area (Å²) in [5, 5.41) is 14.0. The van der Waals surface area contributed by atoms with Gasteiger partial charge < -0.3 is 19.9 Å². The van der Waals surface area contributed by atoms with Gasteiger partial charge in [-0.2, -0.15) is 0 Å². The molecule has 0 fully saturated rings. The van der Waals surface area contributed by atoms with E-state index in [-0.39, 0.29) is 25.0 Å². The van der Waals surface area contributed by atoms with Crippen molar-refractivity contribution in [3.8, 4) is 11.5 Å². The number of carbonyl (C=O) groups is 1. The van der Waals surface area contributed by atoms with Crippen LogP contribution >= 0.6 is 23.2 Å². The van der Waals surface area contributed by atoms with Crippen LogP contribution in [0.2, 0.25) is 10.0 Å². The molecule has 152 valence electrons. The van der Waals surface area contributed by atoms with Crippen LogP contribution < -0.4 is 14.8 Å². The summed E-state index contributed by atoms with van der Waals surface area (Å²) in [6.45, 7) is 4.36. The summed E-state index contributed by atoms with van der Waals surface area (Å²) in [6.07, 6.45) is 0.0633. The van der Waals surface area contributed by atoms with Crippen molar-refractivity contribution in [3.63, 3.8) is 0 Å². The molecular weight excluding hydrogens is 401 g/mol. The topological polar surface area (TPSA) is 67.8 Å². The van der Waals surface area contributed by atoms with Crippen LogP contribution in [0.5, 0.6) is 11.5 Å². The van der Waals surface area contributed by atoms with Gasteiger partial charge in [0.25, 0.3) is 0 Å². The lowest BCUT2D eigenvalue weighted by atomic mass is 10.1. The average Bonchev–Trinajstić information content (AvgIpc) is 2.64. The minimum Gasteiger partial charge on any atom is -0.492 e. The highest BCUT2D eigenvalue weighted by Gasteiger charge is 2.11. The lowest BCUT2D eigenvalue weighted by Gasteiger charge is -2.15. The lowest BCUT2D eigenvalue weighted by Crippen LogP contribution is -2.28. The SMILES string of the molecule is CC(C)Oc1cccc(C(O)CNC(=O)CCCOc2ccc(Cl)cc2Cl)c1. The fourth-order valence-corrected chi connectivity index (χ4v) is 2.95. The number of hydrogen-bond acceptors (Lipinski definition) is 4. The molecule has 1 atom stereocenters. The van der Waals surface area contributed by atoms with Crippen LogP contribution in [0.3, 0.4) is 0 Å². The van der Waals surface area contributed by atoms with Crippen molar-refractivity contribution in [1.82, 2.24) is 5.32 Å². The molecule has 2 N–H and O–H groups in total. The Balaban J connectivity index is 1.70. The number of rotatable bonds is 10. The largest absolute Gasteiger partial charge is 0.492 e. The summed E-state index contributed by atoms with van der Waals surface area (Å²) in [5.41, 5.74) is 0.694. The summed E-state index contributed by atoms with van der Waals surface area (Å²) in [7, 11) is 0. The van der Waals surface area contributed by atoms with Crippen molar-refractivity contribution in [2.24, 2.45) is 0 Å². The molecule has 0 aliphatic carbocycles. The summed E-state index contributed by atoms with van der Waals surface area (Å²) in [6, 6.07) is 12.2. The minimum atomic E-state index is -0.802. The van der Waals surface area contributed by atoms with Crippen LogP contribution in [0.1, 0.15) is 38.4 Å². The van der Waals surface area contributed by atoms with Crippen LogP contribution in [0.25, 0.3) is 0 Å². The molecule has 2 aromatic carbocycles. The van der Waals surface area contributed by atoms with E-state index in [0.717, 1.165) is 0 Å². The minimum absolute atomic E-state index is 0.0528. The predicted octanol–water partition coefficient (Wildman–Crippen LogP) is 4.79. The highest BCUT2D eigenvalue weighted by molar-refractivity contribution is 6.35. The molecule has 0 saturated heterocycles. The Kier molecular flexibility index (Phi) is 8.90. The van der Waals surface area contributed by atoms with Gasteiger partial charge in [-0.1, -0.05) is 35.3 Å². The van der Waals surface area contributed by atoms with E-state index in [1.807, 2.05) is 26.0 Å². The number of hydrogen-bond donors (Lipinski definition) is 2. The van der Waals surface area contributed by atoms with Gasteiger partial charge in [-0.05, 0) is 56.2 Å². The molecule has 0 radical (unpaired) electrons. The van der Waals surface area contributed by atoms with Gasteiger partial charge >= 0.3 is 0 Å². The first-order valence-electron chi connectivity index (χ1n) is 9.14. The van der Waals surface area contributed by atoms with Gasteiger partial charge in [0.15, 0.2) is 0 Å². The Labute approximate surface area is 175 Å². The van der Waals surface area contributed by atoms with Crippen molar-refractivity contribution in [2.45, 2.75) is 38.9 Å². The van der Waals surface area contributed by atoms with Gasteiger partial charge in [0.2, 0.25) is 5.91 Å². The highest BCUT2D eigenvalue weighted by Crippen LogP contribution is 2.27. The van der Waals surface area contributed by atoms with Crippen molar-refractivity contribution in [1.29, 1.82) is 0 Å². The number of benzene rings is 2. The zero-order valence-corrected chi connectivity index (χ0v) is 17.5. The summed E-state index contributed by atoms with van der Waals surface area (Å²) < 4.78 is 11.2. The van der Waals surface area contributed by atoms with E-state index in [2.05, 4.69) is 5.32 Å². The van der Waals surface area contributed by atoms with Crippen molar-refractivity contribution in [2.75, 3.05) is 13.2 Å². The maximum Gasteiger partial charge on any atom is 0.220 e. The molecule has 0 heterocycles.